The number of piperazine rings is 1. The number of hydrogen-bond donors (Lipinski definition) is 0. The number of carbonyl (C=O) groups is 1. The van der Waals surface area contributed by atoms with Gasteiger partial charge in [0.1, 0.15) is 0 Å². The van der Waals surface area contributed by atoms with Crippen LogP contribution in [0.15, 0.2) is 65.2 Å². The van der Waals surface area contributed by atoms with E-state index < -0.39 is 4.92 Å². The molecule has 5 rings (SSSR count). The first-order valence-electron chi connectivity index (χ1n) is 10.6. The molecule has 166 valence electrons. The first-order chi connectivity index (χ1) is 16.0. The number of fused-ring (bicyclic) bond motifs is 1. The van der Waals surface area contributed by atoms with Crippen molar-refractivity contribution in [3.05, 3.63) is 82.0 Å². The minimum absolute atomic E-state index is 0.0570. The van der Waals surface area contributed by atoms with Gasteiger partial charge in [0, 0.05) is 49.6 Å². The number of carbonyl (C=O) groups excluding carboxylic acids is 1. The van der Waals surface area contributed by atoms with Gasteiger partial charge >= 0.3 is 0 Å². The van der Waals surface area contributed by atoms with E-state index >= 15 is 0 Å². The van der Waals surface area contributed by atoms with E-state index in [1.165, 1.54) is 6.07 Å². The van der Waals surface area contributed by atoms with Crippen LogP contribution >= 0.6 is 0 Å². The molecular weight excluding hydrogens is 422 g/mol. The van der Waals surface area contributed by atoms with E-state index in [0.717, 1.165) is 11.3 Å². The summed E-state index contributed by atoms with van der Waals surface area (Å²) in [6, 6.07) is 18.0. The van der Waals surface area contributed by atoms with Gasteiger partial charge in [-0.3, -0.25) is 14.9 Å². The Labute approximate surface area is 189 Å². The second kappa shape index (κ2) is 8.34. The molecule has 0 saturated carbocycles. The van der Waals surface area contributed by atoms with Gasteiger partial charge in [0.05, 0.1) is 27.3 Å². The fraction of sp³-hybridized carbons (Fsp3) is 0.208. The number of hydrogen-bond acceptors (Lipinski definition) is 7. The third-order valence-corrected chi connectivity index (χ3v) is 5.89. The minimum Gasteiger partial charge on any atom is -0.368 e. The molecule has 9 nitrogen and oxygen atoms in total. The zero-order chi connectivity index (χ0) is 22.9. The summed E-state index contributed by atoms with van der Waals surface area (Å²) in [4.78, 5) is 32.7. The Morgan fingerprint density at radius 2 is 1.79 bits per heavy atom. The lowest BCUT2D eigenvalue weighted by atomic mass is 10.0. The Morgan fingerprint density at radius 1 is 1.03 bits per heavy atom. The Kier molecular flexibility index (Phi) is 5.21. The van der Waals surface area contributed by atoms with Crippen molar-refractivity contribution < 1.29 is 14.2 Å². The molecule has 0 atom stereocenters. The predicted octanol–water partition coefficient (Wildman–Crippen LogP) is 4.07. The van der Waals surface area contributed by atoms with Gasteiger partial charge in [0.2, 0.25) is 0 Å². The maximum atomic E-state index is 13.6. The topological polar surface area (TPSA) is 106 Å². The molecule has 1 amide bonds. The van der Waals surface area contributed by atoms with E-state index in [9.17, 15) is 14.9 Å². The predicted molar refractivity (Wildman–Crippen MR) is 123 cm³/mol. The van der Waals surface area contributed by atoms with E-state index in [1.54, 1.807) is 30.0 Å². The van der Waals surface area contributed by atoms with E-state index in [4.69, 9.17) is 4.52 Å². The smallest absolute Gasteiger partial charge is 0.271 e. The van der Waals surface area contributed by atoms with Crippen LogP contribution < -0.4 is 4.90 Å². The molecule has 0 aliphatic carbocycles. The van der Waals surface area contributed by atoms with Crippen molar-refractivity contribution in [2.75, 3.05) is 31.1 Å². The summed E-state index contributed by atoms with van der Waals surface area (Å²) in [6.45, 7) is 3.95. The lowest BCUT2D eigenvalue weighted by Crippen LogP contribution is -2.48. The molecule has 0 spiro atoms. The number of amides is 1. The van der Waals surface area contributed by atoms with Crippen LogP contribution in [0.1, 0.15) is 16.1 Å². The van der Waals surface area contributed by atoms with Crippen LogP contribution in [0.5, 0.6) is 0 Å². The molecule has 33 heavy (non-hydrogen) atoms. The average molecular weight is 443 g/mol. The highest BCUT2D eigenvalue weighted by Crippen LogP contribution is 2.29. The summed E-state index contributed by atoms with van der Waals surface area (Å²) in [5.74, 6) is -0.107. The number of rotatable bonds is 4. The standard InChI is InChI=1S/C24H21N5O4/c1-16-22-20(15-21(25-23(22)33-26-16)17-6-3-2-4-7-17)24(30)28-12-10-27(11-13-28)18-8-5-9-19(14-18)29(31)32/h2-9,14-15H,10-13H2,1H3. The Hall–Kier alpha value is -4.27. The Balaban J connectivity index is 1.41. The van der Waals surface area contributed by atoms with Gasteiger partial charge in [-0.05, 0) is 19.1 Å². The largest absolute Gasteiger partial charge is 0.368 e. The van der Waals surface area contributed by atoms with Crippen LogP contribution in [0.2, 0.25) is 0 Å². The highest BCUT2D eigenvalue weighted by atomic mass is 16.6. The van der Waals surface area contributed by atoms with Crippen LogP contribution in [-0.2, 0) is 0 Å². The van der Waals surface area contributed by atoms with Crippen molar-refractivity contribution >= 4 is 28.4 Å². The van der Waals surface area contributed by atoms with Gasteiger partial charge in [-0.1, -0.05) is 41.6 Å². The second-order valence-corrected chi connectivity index (χ2v) is 7.93. The van der Waals surface area contributed by atoms with Gasteiger partial charge in [-0.15, -0.1) is 0 Å². The molecule has 2 aromatic heterocycles. The van der Waals surface area contributed by atoms with Gasteiger partial charge in [-0.25, -0.2) is 4.98 Å². The van der Waals surface area contributed by atoms with E-state index in [1.807, 2.05) is 36.4 Å². The fourth-order valence-electron chi connectivity index (χ4n) is 4.16. The molecule has 1 aliphatic heterocycles. The Bertz CT molecular complexity index is 1340. The number of nitro groups is 1. The van der Waals surface area contributed by atoms with Crippen LogP contribution in [0.4, 0.5) is 11.4 Å². The number of non-ortho nitro benzene ring substituents is 1. The van der Waals surface area contributed by atoms with E-state index in [-0.39, 0.29) is 11.6 Å². The number of aromatic nitrogens is 2. The van der Waals surface area contributed by atoms with Crippen molar-refractivity contribution in [2.45, 2.75) is 6.92 Å². The van der Waals surface area contributed by atoms with Crippen LogP contribution in [0.25, 0.3) is 22.4 Å². The highest BCUT2D eigenvalue weighted by molar-refractivity contribution is 6.07. The van der Waals surface area contributed by atoms with E-state index in [2.05, 4.69) is 15.0 Å². The molecule has 1 fully saturated rings. The number of nitro benzene ring substituents is 1. The molecule has 3 heterocycles. The van der Waals surface area contributed by atoms with Crippen molar-refractivity contribution in [2.24, 2.45) is 0 Å². The van der Waals surface area contributed by atoms with Crippen molar-refractivity contribution in [3.63, 3.8) is 0 Å². The van der Waals surface area contributed by atoms with Gasteiger partial charge < -0.3 is 14.3 Å². The normalized spacial score (nSPS) is 14.0. The van der Waals surface area contributed by atoms with Crippen molar-refractivity contribution in [1.82, 2.24) is 15.0 Å². The van der Waals surface area contributed by atoms with Crippen molar-refractivity contribution in [3.8, 4) is 11.3 Å². The number of benzene rings is 2. The SMILES string of the molecule is Cc1noc2nc(-c3ccccc3)cc(C(=O)N3CCN(c4cccc([N+](=O)[O-])c4)CC3)c12. The third kappa shape index (κ3) is 3.89. The second-order valence-electron chi connectivity index (χ2n) is 7.93. The summed E-state index contributed by atoms with van der Waals surface area (Å²) in [5.41, 5.74) is 3.85. The summed E-state index contributed by atoms with van der Waals surface area (Å²) in [6.07, 6.45) is 0. The molecule has 0 N–H and O–H groups in total. The summed E-state index contributed by atoms with van der Waals surface area (Å²) < 4.78 is 5.40. The molecule has 1 saturated heterocycles. The van der Waals surface area contributed by atoms with Crippen LogP contribution in [0.3, 0.4) is 0 Å². The third-order valence-electron chi connectivity index (χ3n) is 5.89. The molecule has 0 bridgehead atoms. The highest BCUT2D eigenvalue weighted by Gasteiger charge is 2.27. The number of nitrogens with zero attached hydrogens (tertiary/aromatic N) is 5. The molecule has 9 heteroatoms. The lowest BCUT2D eigenvalue weighted by molar-refractivity contribution is -0.384. The first kappa shape index (κ1) is 20.6. The zero-order valence-electron chi connectivity index (χ0n) is 18.0. The molecule has 0 unspecified atom stereocenters. The summed E-state index contributed by atoms with van der Waals surface area (Å²) in [7, 11) is 0. The molecule has 1 aliphatic rings. The summed E-state index contributed by atoms with van der Waals surface area (Å²) in [5, 5.41) is 15.7. The average Bonchev–Trinajstić information content (AvgIpc) is 3.24. The molecule has 2 aromatic carbocycles. The van der Waals surface area contributed by atoms with Crippen molar-refractivity contribution in [1.29, 1.82) is 0 Å². The first-order valence-corrected chi connectivity index (χ1v) is 10.6. The monoisotopic (exact) mass is 443 g/mol. The van der Waals surface area contributed by atoms with Crippen LogP contribution in [-0.4, -0.2) is 52.1 Å². The van der Waals surface area contributed by atoms with E-state index in [0.29, 0.717) is 54.2 Å². The fourth-order valence-corrected chi connectivity index (χ4v) is 4.16. The zero-order valence-corrected chi connectivity index (χ0v) is 18.0. The number of aryl methyl sites for hydroxylation is 1. The Morgan fingerprint density at radius 3 is 2.52 bits per heavy atom. The molecule has 4 aromatic rings. The minimum atomic E-state index is -0.399. The molecular formula is C24H21N5O4. The lowest BCUT2D eigenvalue weighted by Gasteiger charge is -2.36. The quantitative estimate of drug-likeness (QED) is 0.346. The maximum Gasteiger partial charge on any atom is 0.271 e. The molecule has 0 radical (unpaired) electrons. The summed E-state index contributed by atoms with van der Waals surface area (Å²) >= 11 is 0. The van der Waals surface area contributed by atoms with Gasteiger partial charge in [-0.2, -0.15) is 0 Å². The number of anilines is 1. The van der Waals surface area contributed by atoms with Gasteiger partial charge in [0.15, 0.2) is 0 Å². The number of pyridine rings is 1. The maximum absolute atomic E-state index is 13.6. The van der Waals surface area contributed by atoms with Crippen LogP contribution in [0, 0.1) is 17.0 Å². The van der Waals surface area contributed by atoms with Gasteiger partial charge in [0.25, 0.3) is 17.3 Å².